The molecule has 0 saturated carbocycles. The van der Waals surface area contributed by atoms with Crippen molar-refractivity contribution < 1.29 is 14.5 Å². The average molecular weight is 344 g/mol. The normalized spacial score (nSPS) is 13.4. The molecule has 1 N–H and O–H groups in total. The number of halogens is 1. The van der Waals surface area contributed by atoms with Gasteiger partial charge in [-0.2, -0.15) is 0 Å². The molecule has 0 aliphatic carbocycles. The van der Waals surface area contributed by atoms with Gasteiger partial charge in [-0.25, -0.2) is 0 Å². The molecular weight excluding hydrogens is 324 g/mol. The van der Waals surface area contributed by atoms with E-state index in [1.54, 1.807) is 0 Å². The molecule has 4 nitrogen and oxygen atoms in total. The first-order chi connectivity index (χ1) is 11.7. The Morgan fingerprint density at radius 3 is 2.46 bits per heavy atom. The van der Waals surface area contributed by atoms with Crippen molar-refractivity contribution in [1.29, 1.82) is 0 Å². The van der Waals surface area contributed by atoms with Crippen molar-refractivity contribution in [3.8, 4) is 5.75 Å². The van der Waals surface area contributed by atoms with Crippen LogP contribution >= 0.6 is 11.6 Å². The Morgan fingerprint density at radius 1 is 1.12 bits per heavy atom. The van der Waals surface area contributed by atoms with Crippen molar-refractivity contribution >= 4 is 24.9 Å². The number of nitrogens with zero attached hydrogens (tertiary/aromatic N) is 1. The quantitative estimate of drug-likeness (QED) is 0.433. The number of hydrogen-bond acceptors (Lipinski definition) is 4. The molecule has 24 heavy (non-hydrogen) atoms. The van der Waals surface area contributed by atoms with E-state index in [1.165, 1.54) is 0 Å². The zero-order valence-electron chi connectivity index (χ0n) is 13.2. The fourth-order valence-corrected chi connectivity index (χ4v) is 2.45. The van der Waals surface area contributed by atoms with E-state index in [1.807, 2.05) is 54.6 Å². The molecule has 0 unspecified atom stereocenters. The second-order valence-electron chi connectivity index (χ2n) is 5.35. The third kappa shape index (κ3) is 5.91. The van der Waals surface area contributed by atoms with Crippen LogP contribution in [0.25, 0.3) is 0 Å². The standard InChI is InChI=1S/C18H19BClNO3/c20-11-18(22)17(21-13-19-23)10-14-6-8-16(9-7-14)24-12-15-4-2-1-3-5-15/h1-9,13,17-18,22H,10-12H2/t17-,18-/m0/s1. The van der Waals surface area contributed by atoms with Gasteiger partial charge >= 0.3 is 129 Å². The van der Waals surface area contributed by atoms with Crippen molar-refractivity contribution in [3.63, 3.8) is 0 Å². The molecule has 0 heterocycles. The summed E-state index contributed by atoms with van der Waals surface area (Å²) in [6.07, 6.45) is 0.853. The number of aliphatic imine (C=N–C) groups is 1. The number of aliphatic hydroxyl groups is 1. The van der Waals surface area contributed by atoms with Crippen LogP contribution in [0.15, 0.2) is 59.6 Å². The van der Waals surface area contributed by atoms with Crippen LogP contribution in [0.5, 0.6) is 5.75 Å². The van der Waals surface area contributed by atoms with Gasteiger partial charge in [-0.15, -0.1) is 0 Å². The van der Waals surface area contributed by atoms with Crippen LogP contribution in [0.1, 0.15) is 11.1 Å². The Hall–Kier alpha value is -1.98. The fourth-order valence-electron chi connectivity index (χ4n) is 2.24. The van der Waals surface area contributed by atoms with Gasteiger partial charge < -0.3 is 0 Å². The fraction of sp³-hybridized carbons (Fsp3) is 0.278. The Balaban J connectivity index is 1.95. The first-order valence-electron chi connectivity index (χ1n) is 7.69. The Bertz CT molecular complexity index is 649. The summed E-state index contributed by atoms with van der Waals surface area (Å²) in [6.45, 7) is 0.511. The van der Waals surface area contributed by atoms with Gasteiger partial charge in [-0.1, -0.05) is 18.2 Å². The third-order valence-corrected chi connectivity index (χ3v) is 3.87. The van der Waals surface area contributed by atoms with Crippen molar-refractivity contribution in [3.05, 3.63) is 65.7 Å². The number of rotatable bonds is 9. The molecule has 0 aliphatic rings. The average Bonchev–Trinajstić information content (AvgIpc) is 2.64. The molecule has 6 heteroatoms. The van der Waals surface area contributed by atoms with Crippen molar-refractivity contribution in [2.75, 3.05) is 5.88 Å². The van der Waals surface area contributed by atoms with Crippen molar-refractivity contribution in [1.82, 2.24) is 0 Å². The van der Waals surface area contributed by atoms with Gasteiger partial charge in [0.1, 0.15) is 0 Å². The van der Waals surface area contributed by atoms with Crippen LogP contribution in [0.3, 0.4) is 0 Å². The van der Waals surface area contributed by atoms with Crippen molar-refractivity contribution in [2.24, 2.45) is 4.99 Å². The van der Waals surface area contributed by atoms with Gasteiger partial charge in [0.05, 0.1) is 0 Å². The first-order valence-corrected chi connectivity index (χ1v) is 8.23. The summed E-state index contributed by atoms with van der Waals surface area (Å²) >= 11 is 5.68. The first kappa shape index (κ1) is 18.4. The van der Waals surface area contributed by atoms with Crippen molar-refractivity contribution in [2.45, 2.75) is 25.2 Å². The molecule has 0 saturated heterocycles. The van der Waals surface area contributed by atoms with E-state index >= 15 is 0 Å². The van der Waals surface area contributed by atoms with Crippen LogP contribution in [-0.4, -0.2) is 36.4 Å². The second-order valence-corrected chi connectivity index (χ2v) is 5.65. The summed E-state index contributed by atoms with van der Waals surface area (Å²) in [4.78, 5) is 4.05. The zero-order valence-corrected chi connectivity index (χ0v) is 14.0. The molecule has 0 amide bonds. The van der Waals surface area contributed by atoms with Gasteiger partial charge in [-0.05, 0) is 0 Å². The van der Waals surface area contributed by atoms with Crippen LogP contribution < -0.4 is 4.74 Å². The van der Waals surface area contributed by atoms with E-state index in [4.69, 9.17) is 16.3 Å². The molecule has 2 atom stereocenters. The van der Waals surface area contributed by atoms with E-state index in [2.05, 4.69) is 4.99 Å². The number of aliphatic hydroxyl groups excluding tert-OH is 1. The molecule has 0 aromatic heterocycles. The zero-order chi connectivity index (χ0) is 17.2. The molecule has 0 fully saturated rings. The van der Waals surface area contributed by atoms with Gasteiger partial charge in [0, 0.05) is 0 Å². The van der Waals surface area contributed by atoms with Gasteiger partial charge in [0.25, 0.3) is 0 Å². The van der Waals surface area contributed by atoms with Gasteiger partial charge in [0.15, 0.2) is 0 Å². The van der Waals surface area contributed by atoms with Gasteiger partial charge in [0.2, 0.25) is 0 Å². The summed E-state index contributed by atoms with van der Waals surface area (Å²) in [5, 5.41) is 9.88. The van der Waals surface area contributed by atoms with E-state index in [0.29, 0.717) is 20.2 Å². The maximum atomic E-state index is 10.4. The third-order valence-electron chi connectivity index (χ3n) is 3.56. The molecule has 0 radical (unpaired) electrons. The summed E-state index contributed by atoms with van der Waals surface area (Å²) in [5.74, 6) is 0.840. The van der Waals surface area contributed by atoms with E-state index in [-0.39, 0.29) is 5.88 Å². The Morgan fingerprint density at radius 2 is 1.83 bits per heavy atom. The van der Waals surface area contributed by atoms with Crippen LogP contribution in [-0.2, 0) is 17.7 Å². The summed E-state index contributed by atoms with van der Waals surface area (Å²) in [6, 6.07) is 17.1. The predicted octanol–water partition coefficient (Wildman–Crippen LogP) is 2.85. The topological polar surface area (TPSA) is 58.9 Å². The second kappa shape index (κ2) is 10.0. The number of benzene rings is 2. The van der Waals surface area contributed by atoms with Crippen LogP contribution in [0.2, 0.25) is 0 Å². The van der Waals surface area contributed by atoms with Gasteiger partial charge in [-0.3, -0.25) is 0 Å². The minimum absolute atomic E-state index is 0.0686. The number of alkyl halides is 1. The van der Waals surface area contributed by atoms with Crippen LogP contribution in [0.4, 0.5) is 0 Å². The monoisotopic (exact) mass is 343 g/mol. The molecule has 0 aliphatic heterocycles. The van der Waals surface area contributed by atoms with E-state index in [0.717, 1.165) is 23.0 Å². The molecule has 2 aromatic rings. The molecule has 2 rings (SSSR count). The molecular formula is C18H19BClNO3. The SMILES string of the molecule is O=BC=N[C@@H](Cc1ccc(OCc2ccccc2)cc1)[C@@H](O)CCl. The maximum absolute atomic E-state index is 10.4. The Kier molecular flexibility index (Phi) is 7.66. The summed E-state index contributed by atoms with van der Waals surface area (Å²) in [5.41, 5.74) is 2.09. The summed E-state index contributed by atoms with van der Waals surface area (Å²) in [7, 11) is 0.592. The Labute approximate surface area is 147 Å². The van der Waals surface area contributed by atoms with E-state index < -0.39 is 12.1 Å². The molecule has 2 aromatic carbocycles. The minimum atomic E-state index is -0.795. The van der Waals surface area contributed by atoms with E-state index in [9.17, 15) is 9.81 Å². The number of ether oxygens (including phenoxy) is 1. The molecule has 0 bridgehead atoms. The van der Waals surface area contributed by atoms with Crippen LogP contribution in [0, 0.1) is 0 Å². The number of hydrogen-bond donors (Lipinski definition) is 1. The summed E-state index contributed by atoms with van der Waals surface area (Å²) < 4.78 is 16.2. The predicted molar refractivity (Wildman–Crippen MR) is 96.4 cm³/mol. The molecule has 0 spiro atoms. The molecule has 124 valence electrons.